The Hall–Kier alpha value is -3.40. The van der Waals surface area contributed by atoms with Crippen LogP contribution in [0.5, 0.6) is 5.75 Å². The van der Waals surface area contributed by atoms with Crippen molar-refractivity contribution in [1.29, 1.82) is 0 Å². The van der Waals surface area contributed by atoms with E-state index in [1.54, 1.807) is 37.4 Å². The fourth-order valence-corrected chi connectivity index (χ4v) is 2.59. The summed E-state index contributed by atoms with van der Waals surface area (Å²) < 4.78 is 8.34. The second-order valence-electron chi connectivity index (χ2n) is 6.00. The smallest absolute Gasteiger partial charge is 0.309 e. The van der Waals surface area contributed by atoms with Crippen molar-refractivity contribution in [2.75, 3.05) is 5.32 Å². The molecule has 3 rings (SSSR count). The maximum atomic E-state index is 12.4. The summed E-state index contributed by atoms with van der Waals surface area (Å²) in [5.74, 6) is 0.213. The summed E-state index contributed by atoms with van der Waals surface area (Å²) in [6.45, 7) is 3.25. The molecule has 11 heteroatoms. The predicted octanol–water partition coefficient (Wildman–Crippen LogP) is 3.19. The number of aryl methyl sites for hydroxylation is 1. The Morgan fingerprint density at radius 3 is 2.89 bits per heavy atom. The van der Waals surface area contributed by atoms with Crippen LogP contribution in [-0.2, 0) is 11.5 Å². The third-order valence-corrected chi connectivity index (χ3v) is 4.16. The zero-order valence-corrected chi connectivity index (χ0v) is 15.8. The van der Waals surface area contributed by atoms with E-state index in [9.17, 15) is 14.9 Å². The minimum absolute atomic E-state index is 0.134. The van der Waals surface area contributed by atoms with Gasteiger partial charge in [-0.05, 0) is 32.0 Å². The topological polar surface area (TPSA) is 117 Å². The van der Waals surface area contributed by atoms with Crippen LogP contribution in [-0.4, -0.2) is 30.4 Å². The summed E-state index contributed by atoms with van der Waals surface area (Å²) in [5.41, 5.74) is 0.575. The molecule has 1 N–H and O–H groups in total. The molecule has 0 saturated carbocycles. The van der Waals surface area contributed by atoms with E-state index in [0.717, 1.165) is 0 Å². The summed E-state index contributed by atoms with van der Waals surface area (Å²) >= 11 is 5.90. The Morgan fingerprint density at radius 2 is 2.21 bits per heavy atom. The highest BCUT2D eigenvalue weighted by molar-refractivity contribution is 6.30. The maximum Gasteiger partial charge on any atom is 0.309 e. The molecule has 146 valence electrons. The zero-order chi connectivity index (χ0) is 20.3. The molecule has 10 nitrogen and oxygen atoms in total. The van der Waals surface area contributed by atoms with Crippen molar-refractivity contribution >= 4 is 28.9 Å². The molecule has 1 aromatic carbocycles. The minimum Gasteiger partial charge on any atom is -0.471 e. The number of halogens is 1. The Kier molecular flexibility index (Phi) is 5.59. The first kappa shape index (κ1) is 19.4. The van der Waals surface area contributed by atoms with E-state index < -0.39 is 11.0 Å². The van der Waals surface area contributed by atoms with E-state index in [4.69, 9.17) is 16.3 Å². The van der Waals surface area contributed by atoms with E-state index in [-0.39, 0.29) is 24.0 Å². The molecule has 1 atom stereocenters. The van der Waals surface area contributed by atoms with E-state index >= 15 is 0 Å². The SMILES string of the molecule is Cc1nn(C(C)C(=O)Nc2cnn(COc3cccc(Cl)c3)c2)cc1[N+](=O)[O-]. The molecule has 0 aliphatic heterocycles. The average Bonchev–Trinajstić information content (AvgIpc) is 3.26. The highest BCUT2D eigenvalue weighted by Crippen LogP contribution is 2.20. The molecule has 2 aromatic heterocycles. The molecule has 3 aromatic rings. The summed E-state index contributed by atoms with van der Waals surface area (Å²) in [6.07, 6.45) is 4.32. The van der Waals surface area contributed by atoms with Gasteiger partial charge in [0, 0.05) is 5.02 Å². The van der Waals surface area contributed by atoms with E-state index in [1.165, 1.54) is 28.7 Å². The lowest BCUT2D eigenvalue weighted by Crippen LogP contribution is -2.24. The minimum atomic E-state index is -0.738. The van der Waals surface area contributed by atoms with Crippen LogP contribution in [0.15, 0.2) is 42.9 Å². The van der Waals surface area contributed by atoms with Gasteiger partial charge >= 0.3 is 5.69 Å². The number of nitrogens with one attached hydrogen (secondary N) is 1. The van der Waals surface area contributed by atoms with Gasteiger partial charge in [0.15, 0.2) is 6.73 Å². The number of ether oxygens (including phenoxy) is 1. The lowest BCUT2D eigenvalue weighted by atomic mass is 10.3. The third-order valence-electron chi connectivity index (χ3n) is 3.92. The van der Waals surface area contributed by atoms with Crippen molar-refractivity contribution in [3.05, 3.63) is 63.7 Å². The summed E-state index contributed by atoms with van der Waals surface area (Å²) in [6, 6.07) is 6.23. The van der Waals surface area contributed by atoms with Crippen LogP contribution in [0, 0.1) is 17.0 Å². The Bertz CT molecular complexity index is 1010. The molecule has 0 fully saturated rings. The average molecular weight is 405 g/mol. The second-order valence-corrected chi connectivity index (χ2v) is 6.44. The maximum absolute atomic E-state index is 12.4. The van der Waals surface area contributed by atoms with Crippen molar-refractivity contribution in [3.63, 3.8) is 0 Å². The summed E-state index contributed by atoms with van der Waals surface area (Å²) in [5, 5.41) is 22.3. The molecule has 0 aliphatic rings. The van der Waals surface area contributed by atoms with Gasteiger partial charge in [0.1, 0.15) is 23.7 Å². The van der Waals surface area contributed by atoms with E-state index in [1.807, 2.05) is 0 Å². The van der Waals surface area contributed by atoms with Gasteiger partial charge in [-0.25, -0.2) is 4.68 Å². The first-order valence-electron chi connectivity index (χ1n) is 8.25. The van der Waals surface area contributed by atoms with Gasteiger partial charge in [0.05, 0.1) is 23.0 Å². The Balaban J connectivity index is 1.60. The fourth-order valence-electron chi connectivity index (χ4n) is 2.41. The quantitative estimate of drug-likeness (QED) is 0.477. The first-order chi connectivity index (χ1) is 13.3. The van der Waals surface area contributed by atoms with Gasteiger partial charge in [-0.2, -0.15) is 10.2 Å². The van der Waals surface area contributed by atoms with E-state index in [0.29, 0.717) is 16.5 Å². The van der Waals surface area contributed by atoms with Crippen LogP contribution in [0.25, 0.3) is 0 Å². The van der Waals surface area contributed by atoms with Gasteiger partial charge < -0.3 is 10.1 Å². The monoisotopic (exact) mass is 404 g/mol. The van der Waals surface area contributed by atoms with Crippen LogP contribution in [0.2, 0.25) is 5.02 Å². The molecule has 2 heterocycles. The Labute approximate surface area is 164 Å². The largest absolute Gasteiger partial charge is 0.471 e. The Morgan fingerprint density at radius 1 is 1.43 bits per heavy atom. The lowest BCUT2D eigenvalue weighted by molar-refractivity contribution is -0.385. The van der Waals surface area contributed by atoms with E-state index in [2.05, 4.69) is 15.5 Å². The summed E-state index contributed by atoms with van der Waals surface area (Å²) in [4.78, 5) is 22.8. The van der Waals surface area contributed by atoms with Crippen LogP contribution in [0.3, 0.4) is 0 Å². The van der Waals surface area contributed by atoms with Gasteiger partial charge in [-0.15, -0.1) is 0 Å². The number of amides is 1. The zero-order valence-electron chi connectivity index (χ0n) is 15.1. The number of nitrogens with zero attached hydrogens (tertiary/aromatic N) is 5. The van der Waals surface area contributed by atoms with Crippen molar-refractivity contribution in [1.82, 2.24) is 19.6 Å². The van der Waals surface area contributed by atoms with Crippen molar-refractivity contribution in [2.24, 2.45) is 0 Å². The van der Waals surface area contributed by atoms with Crippen molar-refractivity contribution in [3.8, 4) is 5.75 Å². The molecule has 0 spiro atoms. The van der Waals surface area contributed by atoms with Gasteiger partial charge in [0.2, 0.25) is 5.91 Å². The molecule has 0 saturated heterocycles. The molecular formula is C17H17ClN6O4. The number of nitro groups is 1. The van der Waals surface area contributed by atoms with Crippen LogP contribution in [0.4, 0.5) is 11.4 Å². The molecule has 28 heavy (non-hydrogen) atoms. The van der Waals surface area contributed by atoms with Crippen molar-refractivity contribution < 1.29 is 14.5 Å². The number of hydrogen-bond donors (Lipinski definition) is 1. The first-order valence-corrected chi connectivity index (χ1v) is 8.63. The summed E-state index contributed by atoms with van der Waals surface area (Å²) in [7, 11) is 0. The fraction of sp³-hybridized carbons (Fsp3) is 0.235. The molecular weight excluding hydrogens is 388 g/mol. The van der Waals surface area contributed by atoms with Crippen molar-refractivity contribution in [2.45, 2.75) is 26.6 Å². The van der Waals surface area contributed by atoms with Crippen LogP contribution >= 0.6 is 11.6 Å². The van der Waals surface area contributed by atoms with Gasteiger partial charge in [-0.3, -0.25) is 19.6 Å². The highest BCUT2D eigenvalue weighted by Gasteiger charge is 2.22. The molecule has 1 unspecified atom stereocenters. The number of anilines is 1. The second kappa shape index (κ2) is 8.09. The standard InChI is InChI=1S/C17H17ClN6O4/c1-11-16(24(26)27)9-23(21-11)12(2)17(25)20-14-7-19-22(8-14)10-28-15-5-3-4-13(18)6-15/h3-9,12H,10H2,1-2H3,(H,20,25). The highest BCUT2D eigenvalue weighted by atomic mass is 35.5. The number of rotatable bonds is 7. The van der Waals surface area contributed by atoms with Crippen LogP contribution in [0.1, 0.15) is 18.7 Å². The number of carbonyl (C=O) groups excluding carboxylic acids is 1. The van der Waals surface area contributed by atoms with Crippen LogP contribution < -0.4 is 10.1 Å². The van der Waals surface area contributed by atoms with Gasteiger partial charge in [0.25, 0.3) is 0 Å². The number of carbonyl (C=O) groups is 1. The van der Waals surface area contributed by atoms with Gasteiger partial charge in [-0.1, -0.05) is 17.7 Å². The molecule has 0 radical (unpaired) electrons. The normalized spacial score (nSPS) is 11.8. The molecule has 1 amide bonds. The number of aromatic nitrogens is 4. The number of benzene rings is 1. The lowest BCUT2D eigenvalue weighted by Gasteiger charge is -2.11. The molecule has 0 bridgehead atoms. The number of hydrogen-bond acceptors (Lipinski definition) is 6. The predicted molar refractivity (Wildman–Crippen MR) is 101 cm³/mol. The molecule has 0 aliphatic carbocycles. The third kappa shape index (κ3) is 4.46.